The summed E-state index contributed by atoms with van der Waals surface area (Å²) in [6.07, 6.45) is 7.69. The van der Waals surface area contributed by atoms with Gasteiger partial charge >= 0.3 is 0 Å². The number of aromatic nitrogens is 3. The zero-order valence-corrected chi connectivity index (χ0v) is 21.2. The highest BCUT2D eigenvalue weighted by molar-refractivity contribution is 5.96. The molecule has 7 nitrogen and oxygen atoms in total. The van der Waals surface area contributed by atoms with Crippen molar-refractivity contribution in [2.24, 2.45) is 5.92 Å². The molecule has 1 aliphatic carbocycles. The van der Waals surface area contributed by atoms with E-state index in [1.54, 1.807) is 49.8 Å². The minimum absolute atomic E-state index is 0.0627. The first kappa shape index (κ1) is 24.7. The second kappa shape index (κ2) is 10.6. The molecule has 0 radical (unpaired) electrons. The molecule has 192 valence electrons. The van der Waals surface area contributed by atoms with Gasteiger partial charge in [0.25, 0.3) is 0 Å². The smallest absolute Gasteiger partial charge is 0.207 e. The molecule has 5 rings (SSSR count). The summed E-state index contributed by atoms with van der Waals surface area (Å²) in [5.41, 5.74) is 2.51. The molecular formula is C29H30FN3O4. The van der Waals surface area contributed by atoms with Crippen LogP contribution in [0, 0.1) is 11.7 Å². The Hall–Kier alpha value is -3.94. The van der Waals surface area contributed by atoms with E-state index in [1.165, 1.54) is 7.11 Å². The quantitative estimate of drug-likeness (QED) is 0.265. The average molecular weight is 504 g/mol. The normalized spacial score (nSPS) is 17.5. The van der Waals surface area contributed by atoms with E-state index in [0.29, 0.717) is 23.7 Å². The summed E-state index contributed by atoms with van der Waals surface area (Å²) in [6, 6.07) is 12.2. The van der Waals surface area contributed by atoms with Crippen LogP contribution in [-0.2, 0) is 4.79 Å². The van der Waals surface area contributed by atoms with E-state index in [-0.39, 0.29) is 23.5 Å². The summed E-state index contributed by atoms with van der Waals surface area (Å²) in [6.45, 7) is 1.93. The highest BCUT2D eigenvalue weighted by atomic mass is 19.1. The largest absolute Gasteiger partial charge is 0.494 e. The molecule has 4 aromatic rings. The molecule has 8 heteroatoms. The number of halogens is 1. The standard InChI is InChI=1S/C29H30FN3O4/c1-4-23(34)19-7-5-8-20(15-19)33-29-22(16-31-17-26(29)36-3)28(32-33)18-11-13-21(14-12-18)37-25-10-6-9-24(35-2)27(25)30/h6,9-14,16-17,19-20H,4-5,7-8,15H2,1-3H3. The number of hydrogen-bond donors (Lipinski definition) is 0. The maximum absolute atomic E-state index is 14.5. The van der Waals surface area contributed by atoms with Gasteiger partial charge in [-0.05, 0) is 55.7 Å². The molecule has 37 heavy (non-hydrogen) atoms. The molecule has 2 aromatic carbocycles. The van der Waals surface area contributed by atoms with Crippen molar-refractivity contribution in [2.75, 3.05) is 14.2 Å². The van der Waals surface area contributed by atoms with Gasteiger partial charge in [0.05, 0.1) is 31.8 Å². The van der Waals surface area contributed by atoms with Crippen LogP contribution in [0.5, 0.6) is 23.0 Å². The summed E-state index contributed by atoms with van der Waals surface area (Å²) in [5, 5.41) is 5.90. The Labute approximate surface area is 215 Å². The van der Waals surface area contributed by atoms with E-state index >= 15 is 0 Å². The van der Waals surface area contributed by atoms with Crippen LogP contribution in [0.1, 0.15) is 45.1 Å². The van der Waals surface area contributed by atoms with Crippen molar-refractivity contribution in [2.45, 2.75) is 45.1 Å². The molecule has 0 spiro atoms. The zero-order valence-electron chi connectivity index (χ0n) is 21.2. The number of rotatable bonds is 8. The summed E-state index contributed by atoms with van der Waals surface area (Å²) in [5.74, 6) is 1.18. The van der Waals surface area contributed by atoms with Gasteiger partial charge in [-0.1, -0.05) is 19.4 Å². The number of benzene rings is 2. The van der Waals surface area contributed by atoms with Crippen molar-refractivity contribution in [3.05, 3.63) is 60.7 Å². The van der Waals surface area contributed by atoms with Crippen LogP contribution in [-0.4, -0.2) is 34.8 Å². The van der Waals surface area contributed by atoms with Gasteiger partial charge in [-0.15, -0.1) is 0 Å². The number of fused-ring (bicyclic) bond motifs is 1. The lowest BCUT2D eigenvalue weighted by molar-refractivity contribution is -0.123. The molecule has 2 atom stereocenters. The Kier molecular flexibility index (Phi) is 7.08. The number of pyridine rings is 1. The second-order valence-electron chi connectivity index (χ2n) is 9.27. The van der Waals surface area contributed by atoms with Crippen molar-refractivity contribution in [3.8, 4) is 34.3 Å². The van der Waals surface area contributed by atoms with Gasteiger partial charge in [0, 0.05) is 24.1 Å². The van der Waals surface area contributed by atoms with Gasteiger partial charge < -0.3 is 14.2 Å². The molecule has 1 fully saturated rings. The first-order valence-electron chi connectivity index (χ1n) is 12.6. The van der Waals surface area contributed by atoms with Gasteiger partial charge in [-0.25, -0.2) is 0 Å². The van der Waals surface area contributed by atoms with Crippen LogP contribution in [0.15, 0.2) is 54.9 Å². The van der Waals surface area contributed by atoms with E-state index in [4.69, 9.17) is 19.3 Å². The van der Waals surface area contributed by atoms with Crippen molar-refractivity contribution in [1.29, 1.82) is 0 Å². The van der Waals surface area contributed by atoms with Crippen LogP contribution in [0.2, 0.25) is 0 Å². The Balaban J connectivity index is 1.50. The van der Waals surface area contributed by atoms with Gasteiger partial charge in [0.1, 0.15) is 22.7 Å². The zero-order chi connectivity index (χ0) is 25.9. The summed E-state index contributed by atoms with van der Waals surface area (Å²) in [4.78, 5) is 16.8. The Morgan fingerprint density at radius 2 is 1.78 bits per heavy atom. The number of ketones is 1. The third kappa shape index (κ3) is 4.75. The number of Topliss-reactive ketones (excluding diaryl/α,β-unsaturated/α-hetero) is 1. The van der Waals surface area contributed by atoms with E-state index in [9.17, 15) is 9.18 Å². The van der Waals surface area contributed by atoms with Gasteiger partial charge in [0.2, 0.25) is 5.82 Å². The highest BCUT2D eigenvalue weighted by Crippen LogP contribution is 2.40. The Bertz CT molecular complexity index is 1420. The van der Waals surface area contributed by atoms with E-state index in [1.807, 2.05) is 23.7 Å². The fraction of sp³-hybridized carbons (Fsp3) is 0.345. The third-order valence-corrected chi connectivity index (χ3v) is 7.10. The number of carbonyl (C=O) groups is 1. The first-order chi connectivity index (χ1) is 18.0. The minimum atomic E-state index is -0.552. The Morgan fingerprint density at radius 1 is 1.03 bits per heavy atom. The predicted octanol–water partition coefficient (Wildman–Crippen LogP) is 6.76. The number of carbonyl (C=O) groups excluding carboxylic acids is 1. The third-order valence-electron chi connectivity index (χ3n) is 7.10. The van der Waals surface area contributed by atoms with Crippen molar-refractivity contribution in [3.63, 3.8) is 0 Å². The lowest BCUT2D eigenvalue weighted by Crippen LogP contribution is -2.25. The highest BCUT2D eigenvalue weighted by Gasteiger charge is 2.30. The number of ether oxygens (including phenoxy) is 3. The molecule has 0 saturated heterocycles. The lowest BCUT2D eigenvalue weighted by atomic mass is 9.82. The van der Waals surface area contributed by atoms with Crippen molar-refractivity contribution in [1.82, 2.24) is 14.8 Å². The molecule has 1 saturated carbocycles. The molecule has 2 aromatic heterocycles. The molecule has 2 unspecified atom stereocenters. The summed E-state index contributed by atoms with van der Waals surface area (Å²) in [7, 11) is 3.04. The van der Waals surface area contributed by atoms with Crippen LogP contribution < -0.4 is 14.2 Å². The van der Waals surface area contributed by atoms with Crippen LogP contribution in [0.3, 0.4) is 0 Å². The summed E-state index contributed by atoms with van der Waals surface area (Å²) < 4.78 is 33.0. The van der Waals surface area contributed by atoms with Gasteiger partial charge in [0.15, 0.2) is 17.2 Å². The topological polar surface area (TPSA) is 75.5 Å². The number of nitrogens with zero attached hydrogens (tertiary/aromatic N) is 3. The average Bonchev–Trinajstić information content (AvgIpc) is 3.34. The van der Waals surface area contributed by atoms with Crippen LogP contribution >= 0.6 is 0 Å². The SMILES string of the molecule is CCC(=O)C1CCCC(n2nc(-c3ccc(Oc4cccc(OC)c4F)cc3)c3cncc(OC)c32)C1. The van der Waals surface area contributed by atoms with Crippen LogP contribution in [0.4, 0.5) is 4.39 Å². The summed E-state index contributed by atoms with van der Waals surface area (Å²) >= 11 is 0. The Morgan fingerprint density at radius 3 is 2.51 bits per heavy atom. The molecule has 0 bridgehead atoms. The molecular weight excluding hydrogens is 473 g/mol. The second-order valence-corrected chi connectivity index (χ2v) is 9.27. The fourth-order valence-electron chi connectivity index (χ4n) is 5.18. The maximum Gasteiger partial charge on any atom is 0.207 e. The maximum atomic E-state index is 14.5. The molecule has 0 amide bonds. The minimum Gasteiger partial charge on any atom is -0.494 e. The van der Waals surface area contributed by atoms with Gasteiger partial charge in [-0.3, -0.25) is 14.5 Å². The lowest BCUT2D eigenvalue weighted by Gasteiger charge is -2.29. The molecule has 0 aliphatic heterocycles. The van der Waals surface area contributed by atoms with Crippen LogP contribution in [0.25, 0.3) is 22.2 Å². The van der Waals surface area contributed by atoms with Crippen molar-refractivity contribution < 1.29 is 23.4 Å². The molecule has 2 heterocycles. The van der Waals surface area contributed by atoms with E-state index < -0.39 is 5.82 Å². The monoisotopic (exact) mass is 503 g/mol. The number of hydrogen-bond acceptors (Lipinski definition) is 6. The van der Waals surface area contributed by atoms with E-state index in [2.05, 4.69) is 4.98 Å². The first-order valence-corrected chi connectivity index (χ1v) is 12.6. The van der Waals surface area contributed by atoms with Gasteiger partial charge in [-0.2, -0.15) is 9.49 Å². The predicted molar refractivity (Wildman–Crippen MR) is 139 cm³/mol. The van der Waals surface area contributed by atoms with Crippen molar-refractivity contribution >= 4 is 16.7 Å². The molecule has 1 aliphatic rings. The van der Waals surface area contributed by atoms with E-state index in [0.717, 1.165) is 47.8 Å². The molecule has 0 N–H and O–H groups in total. The fourth-order valence-corrected chi connectivity index (χ4v) is 5.18. The number of methoxy groups -OCH3 is 2.